The Morgan fingerprint density at radius 2 is 1.72 bits per heavy atom. The molecule has 1 aromatic heterocycles. The zero-order valence-corrected chi connectivity index (χ0v) is 16.9. The molecule has 1 amide bonds. The molecule has 2 aromatic carbocycles. The standard InChI is InChI=1S/C23H23N3O2S/c27-21-11-13-24-23-26(21)16-20(17-29-23)22(28)25(15-19-9-5-2-6-10-19)14-12-18-7-3-1-4-8-18/h1-11,13,20H,12,14-17H2. The molecular formula is C23H23N3O2S. The van der Waals surface area contributed by atoms with E-state index in [0.29, 0.717) is 30.5 Å². The summed E-state index contributed by atoms with van der Waals surface area (Å²) < 4.78 is 1.62. The molecule has 0 spiro atoms. The van der Waals surface area contributed by atoms with Gasteiger partial charge in [-0.3, -0.25) is 14.2 Å². The fourth-order valence-corrected chi connectivity index (χ4v) is 4.59. The van der Waals surface area contributed by atoms with Crippen molar-refractivity contribution in [3.05, 3.63) is 94.4 Å². The molecule has 4 rings (SSSR count). The molecule has 5 nitrogen and oxygen atoms in total. The summed E-state index contributed by atoms with van der Waals surface area (Å²) >= 11 is 1.48. The number of fused-ring (bicyclic) bond motifs is 1. The quantitative estimate of drug-likeness (QED) is 0.591. The van der Waals surface area contributed by atoms with Crippen molar-refractivity contribution in [2.24, 2.45) is 5.92 Å². The molecule has 0 radical (unpaired) electrons. The van der Waals surface area contributed by atoms with Crippen molar-refractivity contribution in [3.63, 3.8) is 0 Å². The van der Waals surface area contributed by atoms with Crippen LogP contribution in [0.2, 0.25) is 0 Å². The fourth-order valence-electron chi connectivity index (χ4n) is 3.54. The predicted molar refractivity (Wildman–Crippen MR) is 115 cm³/mol. The Hall–Kier alpha value is -2.86. The molecule has 1 aliphatic rings. The Morgan fingerprint density at radius 3 is 2.45 bits per heavy atom. The maximum Gasteiger partial charge on any atom is 0.254 e. The maximum atomic E-state index is 13.4. The predicted octanol–water partition coefficient (Wildman–Crippen LogP) is 3.24. The summed E-state index contributed by atoms with van der Waals surface area (Å²) in [5, 5.41) is 0.695. The third-order valence-corrected chi connectivity index (χ3v) is 6.26. The van der Waals surface area contributed by atoms with Crippen LogP contribution in [0.5, 0.6) is 0 Å². The molecule has 0 fully saturated rings. The molecule has 6 heteroatoms. The van der Waals surface area contributed by atoms with E-state index in [2.05, 4.69) is 17.1 Å². The van der Waals surface area contributed by atoms with Crippen molar-refractivity contribution in [1.82, 2.24) is 14.5 Å². The summed E-state index contributed by atoms with van der Waals surface area (Å²) in [5.74, 6) is 0.513. The van der Waals surface area contributed by atoms with Crippen LogP contribution in [-0.2, 0) is 24.3 Å². The molecule has 1 aliphatic heterocycles. The minimum absolute atomic E-state index is 0.0960. The number of hydrogen-bond acceptors (Lipinski definition) is 4. The Labute approximate surface area is 174 Å². The fraction of sp³-hybridized carbons (Fsp3) is 0.261. The first-order valence-electron chi connectivity index (χ1n) is 9.76. The summed E-state index contributed by atoms with van der Waals surface area (Å²) in [6, 6.07) is 21.7. The zero-order chi connectivity index (χ0) is 20.1. The monoisotopic (exact) mass is 405 g/mol. The number of benzene rings is 2. The van der Waals surface area contributed by atoms with Gasteiger partial charge < -0.3 is 4.90 Å². The number of amides is 1. The van der Waals surface area contributed by atoms with Crippen LogP contribution in [0, 0.1) is 5.92 Å². The first kappa shape index (κ1) is 19.5. The van der Waals surface area contributed by atoms with E-state index in [9.17, 15) is 9.59 Å². The van der Waals surface area contributed by atoms with Gasteiger partial charge in [0, 0.05) is 37.7 Å². The second kappa shape index (κ2) is 9.09. The minimum atomic E-state index is -0.228. The third-order valence-electron chi connectivity index (χ3n) is 5.11. The van der Waals surface area contributed by atoms with Gasteiger partial charge in [-0.15, -0.1) is 0 Å². The molecule has 0 bridgehead atoms. The molecule has 0 N–H and O–H groups in total. The van der Waals surface area contributed by atoms with Gasteiger partial charge in [-0.25, -0.2) is 4.98 Å². The summed E-state index contributed by atoms with van der Waals surface area (Å²) in [4.78, 5) is 31.8. The first-order chi connectivity index (χ1) is 14.2. The molecule has 1 atom stereocenters. The number of carbonyl (C=O) groups excluding carboxylic acids is 1. The van der Waals surface area contributed by atoms with E-state index in [0.717, 1.165) is 12.0 Å². The molecule has 148 valence electrons. The van der Waals surface area contributed by atoms with Gasteiger partial charge in [0.1, 0.15) is 0 Å². The summed E-state index contributed by atoms with van der Waals surface area (Å²) in [6.07, 6.45) is 2.34. The normalized spacial score (nSPS) is 15.5. The smallest absolute Gasteiger partial charge is 0.254 e. The van der Waals surface area contributed by atoms with Gasteiger partial charge in [-0.05, 0) is 17.5 Å². The third kappa shape index (κ3) is 4.77. The van der Waals surface area contributed by atoms with Crippen molar-refractivity contribution in [2.45, 2.75) is 24.7 Å². The van der Waals surface area contributed by atoms with E-state index in [1.54, 1.807) is 4.57 Å². The Bertz CT molecular complexity index is 1020. The van der Waals surface area contributed by atoms with Crippen LogP contribution in [0.15, 0.2) is 82.9 Å². The molecule has 0 aliphatic carbocycles. The van der Waals surface area contributed by atoms with Crippen LogP contribution in [0.25, 0.3) is 0 Å². The lowest BCUT2D eigenvalue weighted by Gasteiger charge is -2.30. The van der Waals surface area contributed by atoms with Crippen molar-refractivity contribution in [1.29, 1.82) is 0 Å². The highest BCUT2D eigenvalue weighted by molar-refractivity contribution is 7.99. The van der Waals surface area contributed by atoms with Crippen molar-refractivity contribution in [3.8, 4) is 0 Å². The second-order valence-electron chi connectivity index (χ2n) is 7.17. The lowest BCUT2D eigenvalue weighted by atomic mass is 10.1. The van der Waals surface area contributed by atoms with Crippen LogP contribution in [-0.4, -0.2) is 32.7 Å². The molecular weight excluding hydrogens is 382 g/mol. The highest BCUT2D eigenvalue weighted by Gasteiger charge is 2.29. The van der Waals surface area contributed by atoms with Gasteiger partial charge in [0.25, 0.3) is 5.56 Å². The van der Waals surface area contributed by atoms with Crippen LogP contribution in [0.4, 0.5) is 0 Å². The topological polar surface area (TPSA) is 55.2 Å². The van der Waals surface area contributed by atoms with Gasteiger partial charge >= 0.3 is 0 Å². The zero-order valence-electron chi connectivity index (χ0n) is 16.1. The lowest BCUT2D eigenvalue weighted by molar-refractivity contribution is -0.136. The number of aromatic nitrogens is 2. The Balaban J connectivity index is 1.52. The number of carbonyl (C=O) groups is 1. The Kier molecular flexibility index (Phi) is 6.10. The van der Waals surface area contributed by atoms with E-state index >= 15 is 0 Å². The summed E-state index contributed by atoms with van der Waals surface area (Å²) in [6.45, 7) is 1.61. The van der Waals surface area contributed by atoms with Crippen molar-refractivity contribution in [2.75, 3.05) is 12.3 Å². The number of rotatable bonds is 6. The van der Waals surface area contributed by atoms with Crippen molar-refractivity contribution >= 4 is 17.7 Å². The summed E-state index contributed by atoms with van der Waals surface area (Å²) in [5.41, 5.74) is 2.22. The largest absolute Gasteiger partial charge is 0.338 e. The van der Waals surface area contributed by atoms with E-state index in [-0.39, 0.29) is 17.4 Å². The second-order valence-corrected chi connectivity index (χ2v) is 8.15. The number of hydrogen-bond donors (Lipinski definition) is 0. The number of thioether (sulfide) groups is 1. The van der Waals surface area contributed by atoms with E-state index in [4.69, 9.17) is 0 Å². The van der Waals surface area contributed by atoms with E-state index < -0.39 is 0 Å². The Morgan fingerprint density at radius 1 is 1.03 bits per heavy atom. The van der Waals surface area contributed by atoms with Crippen molar-refractivity contribution < 1.29 is 4.79 Å². The molecule has 3 aromatic rings. The molecule has 29 heavy (non-hydrogen) atoms. The average Bonchev–Trinajstić information content (AvgIpc) is 2.77. The van der Waals surface area contributed by atoms with E-state index in [1.807, 2.05) is 53.4 Å². The summed E-state index contributed by atoms with van der Waals surface area (Å²) in [7, 11) is 0. The lowest BCUT2D eigenvalue weighted by Crippen LogP contribution is -2.42. The molecule has 2 heterocycles. The molecule has 0 saturated heterocycles. The maximum absolute atomic E-state index is 13.4. The van der Waals surface area contributed by atoms with Crippen LogP contribution >= 0.6 is 11.8 Å². The first-order valence-corrected chi connectivity index (χ1v) is 10.7. The van der Waals surface area contributed by atoms with E-state index in [1.165, 1.54) is 29.6 Å². The SMILES string of the molecule is O=C(C1CSc2nccc(=O)n2C1)N(CCc1ccccc1)Cc1ccccc1. The van der Waals surface area contributed by atoms with Crippen LogP contribution in [0.3, 0.4) is 0 Å². The average molecular weight is 406 g/mol. The molecule has 1 unspecified atom stereocenters. The minimum Gasteiger partial charge on any atom is -0.338 e. The molecule has 0 saturated carbocycles. The van der Waals surface area contributed by atoms with Gasteiger partial charge in [0.2, 0.25) is 5.91 Å². The van der Waals surface area contributed by atoms with Gasteiger partial charge in [-0.1, -0.05) is 72.4 Å². The highest BCUT2D eigenvalue weighted by Crippen LogP contribution is 2.26. The van der Waals surface area contributed by atoms with Crippen LogP contribution < -0.4 is 5.56 Å². The van der Waals surface area contributed by atoms with Gasteiger partial charge in [0.15, 0.2) is 5.16 Å². The number of nitrogens with zero attached hydrogens (tertiary/aromatic N) is 3. The van der Waals surface area contributed by atoms with Crippen LogP contribution in [0.1, 0.15) is 11.1 Å². The van der Waals surface area contributed by atoms with Gasteiger partial charge in [0.05, 0.1) is 5.92 Å². The van der Waals surface area contributed by atoms with Gasteiger partial charge in [-0.2, -0.15) is 0 Å². The highest BCUT2D eigenvalue weighted by atomic mass is 32.2.